The number of hydrogen-bond acceptors (Lipinski definition) is 2. The molecule has 1 aliphatic carbocycles. The first-order valence-electron chi connectivity index (χ1n) is 7.90. The zero-order chi connectivity index (χ0) is 14.3. The lowest BCUT2D eigenvalue weighted by Crippen LogP contribution is -2.47. The molecule has 1 N–H and O–H groups in total. The molecule has 21 heavy (non-hydrogen) atoms. The Morgan fingerprint density at radius 2 is 1.76 bits per heavy atom. The Balaban J connectivity index is 1.95. The van der Waals surface area contributed by atoms with E-state index in [1.165, 1.54) is 23.2 Å². The number of hydrogen-bond donors (Lipinski definition) is 1. The highest BCUT2D eigenvalue weighted by Gasteiger charge is 2.62. The number of benzene rings is 2. The summed E-state index contributed by atoms with van der Waals surface area (Å²) in [5, 5.41) is 3.83. The van der Waals surface area contributed by atoms with Crippen LogP contribution in [0.25, 0.3) is 0 Å². The zero-order valence-electron chi connectivity index (χ0n) is 12.4. The Morgan fingerprint density at radius 3 is 2.57 bits per heavy atom. The Labute approximate surface area is 126 Å². The van der Waals surface area contributed by atoms with Crippen molar-refractivity contribution in [3.05, 3.63) is 65.7 Å². The number of fused-ring (bicyclic) bond motifs is 3. The molecule has 2 aliphatic rings. The van der Waals surface area contributed by atoms with Gasteiger partial charge in [-0.25, -0.2) is 0 Å². The Bertz CT molecular complexity index is 650. The lowest BCUT2D eigenvalue weighted by molar-refractivity contribution is -0.0729. The summed E-state index contributed by atoms with van der Waals surface area (Å²) < 4.78 is 6.44. The van der Waals surface area contributed by atoms with Crippen LogP contribution in [-0.4, -0.2) is 6.61 Å². The first-order valence-corrected chi connectivity index (χ1v) is 7.90. The van der Waals surface area contributed by atoms with Crippen LogP contribution in [0.2, 0.25) is 0 Å². The van der Waals surface area contributed by atoms with Gasteiger partial charge in [0.25, 0.3) is 0 Å². The van der Waals surface area contributed by atoms with E-state index in [1.807, 2.05) is 0 Å². The summed E-state index contributed by atoms with van der Waals surface area (Å²) in [5.74, 6) is 0. The lowest BCUT2D eigenvalue weighted by Gasteiger charge is -2.41. The minimum Gasteiger partial charge on any atom is -0.372 e. The van der Waals surface area contributed by atoms with Crippen molar-refractivity contribution in [2.24, 2.45) is 0 Å². The molecule has 1 heterocycles. The van der Waals surface area contributed by atoms with Gasteiger partial charge in [0, 0.05) is 17.9 Å². The Hall–Kier alpha value is -1.80. The zero-order valence-corrected chi connectivity index (χ0v) is 12.4. The number of anilines is 1. The molecule has 0 spiro atoms. The van der Waals surface area contributed by atoms with Crippen molar-refractivity contribution in [3.63, 3.8) is 0 Å². The van der Waals surface area contributed by atoms with Crippen molar-refractivity contribution < 1.29 is 4.74 Å². The SMILES string of the molecule is CCOC12CCCC1(c1ccccc1)Nc1ccccc12. The third kappa shape index (κ3) is 1.57. The van der Waals surface area contributed by atoms with E-state index in [-0.39, 0.29) is 11.1 Å². The molecule has 0 amide bonds. The molecule has 2 atom stereocenters. The highest BCUT2D eigenvalue weighted by atomic mass is 16.5. The molecule has 0 aromatic heterocycles. The largest absolute Gasteiger partial charge is 0.372 e. The van der Waals surface area contributed by atoms with Crippen molar-refractivity contribution in [1.82, 2.24) is 0 Å². The molecular weight excluding hydrogens is 258 g/mol. The molecule has 2 unspecified atom stereocenters. The van der Waals surface area contributed by atoms with E-state index in [2.05, 4.69) is 66.8 Å². The van der Waals surface area contributed by atoms with Crippen LogP contribution in [0, 0.1) is 0 Å². The van der Waals surface area contributed by atoms with Gasteiger partial charge in [-0.3, -0.25) is 0 Å². The molecule has 1 aliphatic heterocycles. The van der Waals surface area contributed by atoms with Gasteiger partial charge in [0.05, 0.1) is 5.54 Å². The number of rotatable bonds is 3. The minimum absolute atomic E-state index is 0.117. The monoisotopic (exact) mass is 279 g/mol. The standard InChI is InChI=1S/C19H21NO/c1-2-21-19-14-8-13-18(19,15-9-4-3-5-10-15)20-17-12-7-6-11-16(17)19/h3-7,9-12,20H,2,8,13-14H2,1H3. The van der Waals surface area contributed by atoms with Gasteiger partial charge in [0.15, 0.2) is 0 Å². The Morgan fingerprint density at radius 1 is 1.00 bits per heavy atom. The summed E-state index contributed by atoms with van der Waals surface area (Å²) in [6.45, 7) is 2.84. The van der Waals surface area contributed by atoms with E-state index in [9.17, 15) is 0 Å². The third-order valence-corrected chi connectivity index (χ3v) is 5.14. The summed E-state index contributed by atoms with van der Waals surface area (Å²) in [7, 11) is 0. The fourth-order valence-electron chi connectivity index (χ4n) is 4.41. The van der Waals surface area contributed by atoms with Crippen molar-refractivity contribution in [3.8, 4) is 0 Å². The average molecular weight is 279 g/mol. The van der Waals surface area contributed by atoms with Crippen molar-refractivity contribution in [2.45, 2.75) is 37.3 Å². The number of ether oxygens (including phenoxy) is 1. The van der Waals surface area contributed by atoms with E-state index in [0.29, 0.717) is 0 Å². The second kappa shape index (κ2) is 4.60. The van der Waals surface area contributed by atoms with Gasteiger partial charge in [-0.15, -0.1) is 0 Å². The van der Waals surface area contributed by atoms with E-state index in [1.54, 1.807) is 0 Å². The van der Waals surface area contributed by atoms with Crippen molar-refractivity contribution in [1.29, 1.82) is 0 Å². The second-order valence-electron chi connectivity index (χ2n) is 6.06. The summed E-state index contributed by atoms with van der Waals surface area (Å²) >= 11 is 0. The van der Waals surface area contributed by atoms with Gasteiger partial charge in [0.1, 0.15) is 5.60 Å². The quantitative estimate of drug-likeness (QED) is 0.897. The molecule has 2 aromatic carbocycles. The normalized spacial score (nSPS) is 29.8. The molecule has 108 valence electrons. The average Bonchev–Trinajstić information content (AvgIpc) is 3.01. The predicted molar refractivity (Wildman–Crippen MR) is 85.3 cm³/mol. The van der Waals surface area contributed by atoms with Crippen LogP contribution in [0.4, 0.5) is 5.69 Å². The molecule has 2 heteroatoms. The van der Waals surface area contributed by atoms with Crippen molar-refractivity contribution >= 4 is 5.69 Å². The van der Waals surface area contributed by atoms with Gasteiger partial charge in [0.2, 0.25) is 0 Å². The summed E-state index contributed by atoms with van der Waals surface area (Å²) in [6.07, 6.45) is 3.39. The van der Waals surface area contributed by atoms with Crippen LogP contribution >= 0.6 is 0 Å². The predicted octanol–water partition coefficient (Wildman–Crippen LogP) is 4.42. The van der Waals surface area contributed by atoms with Gasteiger partial charge in [-0.2, -0.15) is 0 Å². The molecule has 1 fully saturated rings. The van der Waals surface area contributed by atoms with Crippen LogP contribution < -0.4 is 5.32 Å². The summed E-state index contributed by atoms with van der Waals surface area (Å²) in [6, 6.07) is 19.4. The highest BCUT2D eigenvalue weighted by Crippen LogP contribution is 2.62. The molecule has 0 saturated heterocycles. The molecule has 0 bridgehead atoms. The third-order valence-electron chi connectivity index (χ3n) is 5.14. The number of para-hydroxylation sites is 1. The second-order valence-corrected chi connectivity index (χ2v) is 6.06. The fourth-order valence-corrected chi connectivity index (χ4v) is 4.41. The van der Waals surface area contributed by atoms with Crippen LogP contribution in [0.15, 0.2) is 54.6 Å². The lowest BCUT2D eigenvalue weighted by atomic mass is 9.76. The van der Waals surface area contributed by atoms with Crippen molar-refractivity contribution in [2.75, 3.05) is 11.9 Å². The molecule has 4 rings (SSSR count). The van der Waals surface area contributed by atoms with Gasteiger partial charge in [-0.05, 0) is 37.8 Å². The molecule has 1 saturated carbocycles. The van der Waals surface area contributed by atoms with Crippen LogP contribution in [-0.2, 0) is 15.9 Å². The van der Waals surface area contributed by atoms with E-state index in [0.717, 1.165) is 19.4 Å². The van der Waals surface area contributed by atoms with Gasteiger partial charge in [-0.1, -0.05) is 48.5 Å². The fraction of sp³-hybridized carbons (Fsp3) is 0.368. The molecule has 2 nitrogen and oxygen atoms in total. The van der Waals surface area contributed by atoms with Crippen LogP contribution in [0.1, 0.15) is 37.3 Å². The minimum atomic E-state index is -0.223. The maximum Gasteiger partial charge on any atom is 0.122 e. The Kier molecular flexibility index (Phi) is 2.83. The maximum absolute atomic E-state index is 6.44. The maximum atomic E-state index is 6.44. The van der Waals surface area contributed by atoms with E-state index < -0.39 is 0 Å². The first kappa shape index (κ1) is 12.9. The smallest absolute Gasteiger partial charge is 0.122 e. The highest BCUT2D eigenvalue weighted by molar-refractivity contribution is 5.66. The first-order chi connectivity index (χ1) is 10.3. The van der Waals surface area contributed by atoms with Gasteiger partial charge < -0.3 is 10.1 Å². The summed E-state index contributed by atoms with van der Waals surface area (Å²) in [4.78, 5) is 0. The van der Waals surface area contributed by atoms with Crippen LogP contribution in [0.3, 0.4) is 0 Å². The number of nitrogens with one attached hydrogen (secondary N) is 1. The van der Waals surface area contributed by atoms with Gasteiger partial charge >= 0.3 is 0 Å². The van der Waals surface area contributed by atoms with E-state index >= 15 is 0 Å². The van der Waals surface area contributed by atoms with Crippen LogP contribution in [0.5, 0.6) is 0 Å². The molecular formula is C19H21NO. The molecule has 0 radical (unpaired) electrons. The molecule has 2 aromatic rings. The summed E-state index contributed by atoms with van der Waals surface area (Å²) in [5.41, 5.74) is 3.56. The topological polar surface area (TPSA) is 21.3 Å². The van der Waals surface area contributed by atoms with E-state index in [4.69, 9.17) is 4.74 Å².